The Balaban J connectivity index is 1.71. The molecular weight excluding hydrogens is 410 g/mol. The number of nitrogens with one attached hydrogen (secondary N) is 1. The second-order valence-corrected chi connectivity index (χ2v) is 8.69. The fraction of sp³-hybridized carbons (Fsp3) is 0.360. The van der Waals surface area contributed by atoms with Crippen molar-refractivity contribution in [2.75, 3.05) is 13.2 Å². The fourth-order valence-electron chi connectivity index (χ4n) is 5.65. The Hall–Kier alpha value is -3.32. The number of aliphatic hydroxyl groups is 1. The lowest BCUT2D eigenvalue weighted by Gasteiger charge is -2.42. The first kappa shape index (κ1) is 20.6. The Bertz CT molecular complexity index is 1160. The van der Waals surface area contributed by atoms with Crippen molar-refractivity contribution in [2.45, 2.75) is 25.7 Å². The van der Waals surface area contributed by atoms with Gasteiger partial charge in [0.2, 0.25) is 11.8 Å². The smallest absolute Gasteiger partial charge is 0.231 e. The second kappa shape index (κ2) is 7.67. The molecule has 1 aromatic carbocycles. The molecule has 0 spiro atoms. The minimum Gasteiger partial charge on any atom is -0.491 e. The number of fused-ring (bicyclic) bond motifs is 3. The number of carbonyl (C=O) groups excluding carboxylic acids is 4. The van der Waals surface area contributed by atoms with Gasteiger partial charge in [0.25, 0.3) is 0 Å². The Labute approximate surface area is 184 Å². The van der Waals surface area contributed by atoms with Gasteiger partial charge in [-0.15, -0.1) is 0 Å². The monoisotopic (exact) mass is 433 g/mol. The van der Waals surface area contributed by atoms with E-state index >= 15 is 0 Å². The average molecular weight is 433 g/mol. The molecule has 1 fully saturated rings. The topological polar surface area (TPSA) is 110 Å². The first-order valence-electron chi connectivity index (χ1n) is 10.8. The van der Waals surface area contributed by atoms with Gasteiger partial charge in [-0.3, -0.25) is 24.5 Å². The van der Waals surface area contributed by atoms with Crippen LogP contribution in [0.3, 0.4) is 0 Å². The van der Waals surface area contributed by atoms with Gasteiger partial charge in [-0.25, -0.2) is 0 Å². The summed E-state index contributed by atoms with van der Waals surface area (Å²) in [5, 5.41) is 11.7. The molecule has 1 saturated heterocycles. The third kappa shape index (κ3) is 2.99. The zero-order valence-electron chi connectivity index (χ0n) is 17.6. The normalized spacial score (nSPS) is 29.1. The number of imide groups is 1. The van der Waals surface area contributed by atoms with Gasteiger partial charge in [-0.1, -0.05) is 29.8 Å². The lowest BCUT2D eigenvalue weighted by atomic mass is 9.59. The fourth-order valence-corrected chi connectivity index (χ4v) is 5.65. The summed E-state index contributed by atoms with van der Waals surface area (Å²) >= 11 is 0. The maximum absolute atomic E-state index is 13.2. The van der Waals surface area contributed by atoms with Crippen LogP contribution in [0.4, 0.5) is 0 Å². The first-order chi connectivity index (χ1) is 15.4. The zero-order valence-corrected chi connectivity index (χ0v) is 17.6. The lowest BCUT2D eigenvalue weighted by Crippen LogP contribution is -2.39. The molecule has 3 aliphatic carbocycles. The van der Waals surface area contributed by atoms with Crippen LogP contribution in [0.1, 0.15) is 31.2 Å². The van der Waals surface area contributed by atoms with E-state index in [1.165, 1.54) is 6.08 Å². The highest BCUT2D eigenvalue weighted by Crippen LogP contribution is 2.55. The number of ketones is 2. The van der Waals surface area contributed by atoms with Crippen LogP contribution in [0.5, 0.6) is 5.75 Å². The molecule has 0 bridgehead atoms. The Morgan fingerprint density at radius 1 is 1.09 bits per heavy atom. The van der Waals surface area contributed by atoms with Crippen LogP contribution in [0, 0.1) is 17.8 Å². The number of amides is 2. The van der Waals surface area contributed by atoms with Crippen molar-refractivity contribution < 1.29 is 29.0 Å². The molecule has 32 heavy (non-hydrogen) atoms. The van der Waals surface area contributed by atoms with E-state index in [-0.39, 0.29) is 48.9 Å². The molecule has 4 aliphatic rings. The molecule has 0 radical (unpaired) electrons. The van der Waals surface area contributed by atoms with E-state index < -0.39 is 17.8 Å². The number of rotatable bonds is 4. The van der Waals surface area contributed by atoms with Gasteiger partial charge in [0.05, 0.1) is 18.4 Å². The van der Waals surface area contributed by atoms with Crippen molar-refractivity contribution in [3.8, 4) is 5.75 Å². The standard InChI is InChI=1S/C25H23NO6/c1-12-10-18(28)22-17(23(12)29)11-16-13(6-7-15-21(16)25(31)26-24(15)30)20(22)14-4-2-3-5-19(14)32-9-8-27/h2-6,10,15-16,20-21,27H,7-9,11H2,1H3,(H,26,30,31). The highest BCUT2D eigenvalue weighted by molar-refractivity contribution is 6.23. The number of carbonyl (C=O) groups is 4. The third-order valence-electron chi connectivity index (χ3n) is 6.98. The number of hydrogen-bond donors (Lipinski definition) is 2. The second-order valence-electron chi connectivity index (χ2n) is 8.69. The molecular formula is C25H23NO6. The SMILES string of the molecule is CC1=CC(=O)C2=C(CC3C(=CCC4C(=O)NC(=O)C43)C2c2ccccc2OCCO)C1=O. The zero-order chi connectivity index (χ0) is 22.6. The highest BCUT2D eigenvalue weighted by atomic mass is 16.5. The first-order valence-corrected chi connectivity index (χ1v) is 10.8. The van der Waals surface area contributed by atoms with Gasteiger partial charge in [-0.2, -0.15) is 0 Å². The van der Waals surface area contributed by atoms with Crippen molar-refractivity contribution in [2.24, 2.45) is 17.8 Å². The van der Waals surface area contributed by atoms with E-state index in [2.05, 4.69) is 5.32 Å². The highest BCUT2D eigenvalue weighted by Gasteiger charge is 2.53. The molecule has 5 rings (SSSR count). The van der Waals surface area contributed by atoms with E-state index in [1.807, 2.05) is 18.2 Å². The average Bonchev–Trinajstić information content (AvgIpc) is 3.08. The summed E-state index contributed by atoms with van der Waals surface area (Å²) in [5.41, 5.74) is 2.81. The van der Waals surface area contributed by atoms with E-state index in [0.29, 0.717) is 34.5 Å². The van der Waals surface area contributed by atoms with Gasteiger partial charge < -0.3 is 9.84 Å². The number of allylic oxidation sites excluding steroid dienone is 6. The molecule has 0 saturated carbocycles. The predicted octanol–water partition coefficient (Wildman–Crippen LogP) is 1.77. The van der Waals surface area contributed by atoms with Crippen LogP contribution < -0.4 is 10.1 Å². The van der Waals surface area contributed by atoms with E-state index in [1.54, 1.807) is 19.1 Å². The summed E-state index contributed by atoms with van der Waals surface area (Å²) in [6.07, 6.45) is 4.01. The number of benzene rings is 1. The molecule has 4 atom stereocenters. The van der Waals surface area contributed by atoms with E-state index in [0.717, 1.165) is 5.57 Å². The molecule has 7 heteroatoms. The molecule has 164 valence electrons. The van der Waals surface area contributed by atoms with Gasteiger partial charge >= 0.3 is 0 Å². The van der Waals surface area contributed by atoms with Crippen LogP contribution in [-0.2, 0) is 19.2 Å². The van der Waals surface area contributed by atoms with Crippen molar-refractivity contribution in [1.29, 1.82) is 0 Å². The molecule has 2 N–H and O–H groups in total. The van der Waals surface area contributed by atoms with Crippen LogP contribution in [0.2, 0.25) is 0 Å². The molecule has 4 unspecified atom stereocenters. The summed E-state index contributed by atoms with van der Waals surface area (Å²) in [7, 11) is 0. The summed E-state index contributed by atoms with van der Waals surface area (Å²) in [4.78, 5) is 51.3. The van der Waals surface area contributed by atoms with Gasteiger partial charge in [0, 0.05) is 28.2 Å². The molecule has 7 nitrogen and oxygen atoms in total. The van der Waals surface area contributed by atoms with Crippen LogP contribution in [0.15, 0.2) is 58.7 Å². The summed E-state index contributed by atoms with van der Waals surface area (Å²) in [6, 6.07) is 7.25. The number of para-hydroxylation sites is 1. The number of Topliss-reactive ketones (excluding diaryl/α,β-unsaturated/α-hetero) is 1. The van der Waals surface area contributed by atoms with Crippen molar-refractivity contribution in [3.63, 3.8) is 0 Å². The maximum atomic E-state index is 13.2. The molecule has 2 amide bonds. The third-order valence-corrected chi connectivity index (χ3v) is 6.98. The van der Waals surface area contributed by atoms with E-state index in [4.69, 9.17) is 4.74 Å². The van der Waals surface area contributed by atoms with Gasteiger partial charge in [0.15, 0.2) is 11.6 Å². The minimum absolute atomic E-state index is 0.0889. The lowest BCUT2D eigenvalue weighted by molar-refractivity contribution is -0.126. The van der Waals surface area contributed by atoms with Gasteiger partial charge in [-0.05, 0) is 37.8 Å². The van der Waals surface area contributed by atoms with E-state index in [9.17, 15) is 24.3 Å². The Morgan fingerprint density at radius 3 is 2.66 bits per heavy atom. The molecule has 0 aromatic heterocycles. The van der Waals surface area contributed by atoms with Crippen molar-refractivity contribution in [3.05, 3.63) is 64.3 Å². The Kier molecular flexibility index (Phi) is 4.93. The number of hydrogen-bond acceptors (Lipinski definition) is 6. The van der Waals surface area contributed by atoms with Gasteiger partial charge in [0.1, 0.15) is 12.4 Å². The Morgan fingerprint density at radius 2 is 1.88 bits per heavy atom. The number of ether oxygens (including phenoxy) is 1. The maximum Gasteiger partial charge on any atom is 0.231 e. The number of aliphatic hydroxyl groups excluding tert-OH is 1. The molecule has 1 heterocycles. The van der Waals surface area contributed by atoms with Crippen LogP contribution in [0.25, 0.3) is 0 Å². The summed E-state index contributed by atoms with van der Waals surface area (Å²) in [6.45, 7) is 1.55. The van der Waals surface area contributed by atoms with Crippen molar-refractivity contribution in [1.82, 2.24) is 5.32 Å². The van der Waals surface area contributed by atoms with Crippen LogP contribution >= 0.6 is 0 Å². The largest absolute Gasteiger partial charge is 0.491 e. The predicted molar refractivity (Wildman–Crippen MR) is 113 cm³/mol. The molecule has 1 aromatic rings. The quantitative estimate of drug-likeness (QED) is 0.426. The molecule has 1 aliphatic heterocycles. The van der Waals surface area contributed by atoms with Crippen molar-refractivity contribution >= 4 is 23.4 Å². The summed E-state index contributed by atoms with van der Waals surface area (Å²) in [5.74, 6) is -2.39. The van der Waals surface area contributed by atoms with Crippen LogP contribution in [-0.4, -0.2) is 41.7 Å². The summed E-state index contributed by atoms with van der Waals surface area (Å²) < 4.78 is 5.76. The minimum atomic E-state index is -0.557.